The van der Waals surface area contributed by atoms with Gasteiger partial charge in [0, 0.05) is 13.0 Å². The van der Waals surface area contributed by atoms with Crippen LogP contribution in [0, 0.1) is 0 Å². The Morgan fingerprint density at radius 1 is 1.21 bits per heavy atom. The third kappa shape index (κ3) is 9.06. The summed E-state index contributed by atoms with van der Waals surface area (Å²) in [7, 11) is -3.84. The van der Waals surface area contributed by atoms with Crippen molar-refractivity contribution in [1.29, 1.82) is 0 Å². The van der Waals surface area contributed by atoms with E-state index in [1.807, 2.05) is 6.08 Å². The van der Waals surface area contributed by atoms with Crippen LogP contribution in [0.3, 0.4) is 0 Å². The molecule has 0 spiro atoms. The summed E-state index contributed by atoms with van der Waals surface area (Å²) in [6.07, 6.45) is 12.0. The highest BCUT2D eigenvalue weighted by atomic mass is 32.2. The molecule has 0 radical (unpaired) electrons. The monoisotopic (exact) mass is 618 g/mol. The Morgan fingerprint density at radius 2 is 1.95 bits per heavy atom. The number of carbonyl (C=O) groups is 6. The lowest BCUT2D eigenvalue weighted by molar-refractivity contribution is -0.176. The Labute approximate surface area is 248 Å². The first-order valence-corrected chi connectivity index (χ1v) is 15.4. The van der Waals surface area contributed by atoms with Gasteiger partial charge in [-0.2, -0.15) is 0 Å². The van der Waals surface area contributed by atoms with Crippen LogP contribution in [0.4, 0.5) is 0 Å². The molecule has 232 valence electrons. The van der Waals surface area contributed by atoms with Crippen molar-refractivity contribution in [3.8, 4) is 0 Å². The number of Topliss-reactive ketones (excluding diaryl/α,β-unsaturated/α-hetero) is 1. The number of rotatable bonds is 12. The molecule has 1 aliphatic carbocycles. The maximum atomic E-state index is 13.4. The summed E-state index contributed by atoms with van der Waals surface area (Å²) < 4.78 is 31.0. The summed E-state index contributed by atoms with van der Waals surface area (Å²) in [5.41, 5.74) is 0.784. The van der Waals surface area contributed by atoms with Gasteiger partial charge in [0.05, 0.1) is 18.2 Å². The molecule has 3 amide bonds. The van der Waals surface area contributed by atoms with Crippen molar-refractivity contribution >= 4 is 45.5 Å². The average molecular weight is 619 g/mol. The van der Waals surface area contributed by atoms with Crippen molar-refractivity contribution in [1.82, 2.24) is 20.1 Å². The quantitative estimate of drug-likeness (QED) is 0.153. The molecule has 3 N–H and O–H groups in total. The number of aliphatic carboxylic acids is 1. The third-order valence-corrected chi connectivity index (χ3v) is 7.51. The summed E-state index contributed by atoms with van der Waals surface area (Å²) >= 11 is 0. The molecular formula is C28H34N4O10S. The fraction of sp³-hybridized carbons (Fsp3) is 0.429. The molecule has 0 unspecified atom stereocenters. The van der Waals surface area contributed by atoms with Gasteiger partial charge in [-0.05, 0) is 37.3 Å². The second kappa shape index (κ2) is 14.7. The molecule has 0 aromatic carbocycles. The molecular weight excluding hydrogens is 584 g/mol. The molecule has 2 saturated heterocycles. The number of carboxylic acids is 1. The zero-order chi connectivity index (χ0) is 31.7. The molecule has 3 rings (SSSR count). The summed E-state index contributed by atoms with van der Waals surface area (Å²) in [4.78, 5) is 76.9. The van der Waals surface area contributed by atoms with Crippen molar-refractivity contribution in [2.75, 3.05) is 19.4 Å². The SMILES string of the molecule is C=CC=CC(C(=O)OCC(=O)[C@H](CC(=O)O)NC(=O)[C@@H]1CCCN2C(=O)CC[C@H](NS(C)(=O)=O)C(=O)N12)=C1C=CC=CC1. The molecule has 43 heavy (non-hydrogen) atoms. The zero-order valence-corrected chi connectivity index (χ0v) is 24.4. The Morgan fingerprint density at radius 3 is 2.58 bits per heavy atom. The van der Waals surface area contributed by atoms with E-state index in [1.165, 1.54) is 18.2 Å². The second-order valence-electron chi connectivity index (χ2n) is 10.1. The number of amides is 3. The van der Waals surface area contributed by atoms with E-state index in [4.69, 9.17) is 4.74 Å². The minimum atomic E-state index is -3.84. The van der Waals surface area contributed by atoms with Crippen LogP contribution in [-0.4, -0.2) is 96.5 Å². The zero-order valence-electron chi connectivity index (χ0n) is 23.6. The number of sulfonamides is 1. The number of nitrogens with one attached hydrogen (secondary N) is 2. The van der Waals surface area contributed by atoms with Gasteiger partial charge in [-0.1, -0.05) is 43.0 Å². The lowest BCUT2D eigenvalue weighted by Gasteiger charge is -2.43. The maximum Gasteiger partial charge on any atom is 0.338 e. The van der Waals surface area contributed by atoms with E-state index in [1.54, 1.807) is 18.2 Å². The van der Waals surface area contributed by atoms with Crippen LogP contribution >= 0.6 is 0 Å². The van der Waals surface area contributed by atoms with Crippen molar-refractivity contribution in [2.45, 2.75) is 56.7 Å². The molecule has 0 aromatic heterocycles. The number of hydrogen-bond donors (Lipinski definition) is 3. The molecule has 14 nitrogen and oxygen atoms in total. The maximum absolute atomic E-state index is 13.4. The molecule has 3 atom stereocenters. The van der Waals surface area contributed by atoms with Crippen molar-refractivity contribution < 1.29 is 47.0 Å². The van der Waals surface area contributed by atoms with Gasteiger partial charge in [-0.3, -0.25) is 29.0 Å². The van der Waals surface area contributed by atoms with Gasteiger partial charge in [-0.25, -0.2) is 22.9 Å². The Kier molecular flexibility index (Phi) is 11.3. The summed E-state index contributed by atoms with van der Waals surface area (Å²) in [6, 6.07) is -4.26. The van der Waals surface area contributed by atoms with Crippen LogP contribution in [0.5, 0.6) is 0 Å². The average Bonchev–Trinajstić information content (AvgIpc) is 3.07. The number of esters is 1. The van der Waals surface area contributed by atoms with E-state index in [0.29, 0.717) is 18.4 Å². The van der Waals surface area contributed by atoms with Crippen LogP contribution in [-0.2, 0) is 43.5 Å². The van der Waals surface area contributed by atoms with Crippen molar-refractivity contribution in [2.24, 2.45) is 0 Å². The van der Waals surface area contributed by atoms with Crippen LogP contribution in [0.25, 0.3) is 0 Å². The van der Waals surface area contributed by atoms with Crippen molar-refractivity contribution in [3.63, 3.8) is 0 Å². The van der Waals surface area contributed by atoms with Gasteiger partial charge in [0.1, 0.15) is 18.1 Å². The van der Waals surface area contributed by atoms with Gasteiger partial charge in [0.2, 0.25) is 21.8 Å². The number of carboxylic acid groups (broad SMARTS) is 1. The number of hydrogen-bond acceptors (Lipinski definition) is 9. The highest BCUT2D eigenvalue weighted by molar-refractivity contribution is 7.88. The molecule has 2 aliphatic heterocycles. The van der Waals surface area contributed by atoms with E-state index in [9.17, 15) is 42.3 Å². The minimum absolute atomic E-state index is 0.0600. The smallest absolute Gasteiger partial charge is 0.338 e. The van der Waals surface area contributed by atoms with Crippen molar-refractivity contribution in [3.05, 3.63) is 60.3 Å². The van der Waals surface area contributed by atoms with E-state index in [-0.39, 0.29) is 31.4 Å². The normalized spacial score (nSPS) is 22.4. The van der Waals surface area contributed by atoms with Crippen LogP contribution in [0.15, 0.2) is 60.3 Å². The molecule has 0 bridgehead atoms. The molecule has 2 heterocycles. The Balaban J connectivity index is 1.78. The van der Waals surface area contributed by atoms with E-state index in [0.717, 1.165) is 16.3 Å². The van der Waals surface area contributed by atoms with E-state index < -0.39 is 76.6 Å². The standard InChI is InChI=1S/C28H34N4O10S/c1-3-4-11-19(18-9-6-5-7-10-18)28(39)42-17-23(33)21(16-25(35)36)29-26(37)22-12-8-15-31-24(34)14-13-20(27(38)32(22)31)30-43(2,40)41/h3-7,9,11,20-22,30H,1,8,10,12-17H2,2H3,(H,29,37)(H,35,36)/t20-,21-,22-/m0/s1. The fourth-order valence-electron chi connectivity index (χ4n) is 4.83. The molecule has 15 heteroatoms. The molecule has 0 saturated carbocycles. The fourth-order valence-corrected chi connectivity index (χ4v) is 5.56. The third-order valence-electron chi connectivity index (χ3n) is 6.80. The van der Waals surface area contributed by atoms with E-state index >= 15 is 0 Å². The predicted molar refractivity (Wildman–Crippen MR) is 152 cm³/mol. The number of carbonyl (C=O) groups excluding carboxylic acids is 5. The number of ketones is 1. The van der Waals surface area contributed by atoms with E-state index in [2.05, 4.69) is 16.6 Å². The van der Waals surface area contributed by atoms with Crippen LogP contribution in [0.1, 0.15) is 38.5 Å². The molecule has 3 aliphatic rings. The van der Waals surface area contributed by atoms with Gasteiger partial charge in [0.25, 0.3) is 5.91 Å². The second-order valence-corrected chi connectivity index (χ2v) is 11.8. The van der Waals surface area contributed by atoms with Crippen LogP contribution < -0.4 is 10.0 Å². The molecule has 2 fully saturated rings. The highest BCUT2D eigenvalue weighted by Crippen LogP contribution is 2.25. The first kappa shape index (κ1) is 33.1. The van der Waals surface area contributed by atoms with Crippen LogP contribution in [0.2, 0.25) is 0 Å². The molecule has 0 aromatic rings. The Bertz CT molecular complexity index is 1410. The topological polar surface area (TPSA) is 197 Å². The lowest BCUT2D eigenvalue weighted by Crippen LogP contribution is -2.64. The summed E-state index contributed by atoms with van der Waals surface area (Å²) in [5.74, 6) is -5.43. The first-order chi connectivity index (χ1) is 20.3. The van der Waals surface area contributed by atoms with Gasteiger partial charge in [0.15, 0.2) is 12.4 Å². The Hall–Kier alpha value is -4.37. The number of ether oxygens (including phenoxy) is 1. The highest BCUT2D eigenvalue weighted by Gasteiger charge is 2.45. The predicted octanol–water partition coefficient (Wildman–Crippen LogP) is 0.0593. The summed E-state index contributed by atoms with van der Waals surface area (Å²) in [6.45, 7) is 2.82. The van der Waals surface area contributed by atoms with Gasteiger partial charge >= 0.3 is 11.9 Å². The number of allylic oxidation sites excluding steroid dienone is 7. The van der Waals surface area contributed by atoms with Gasteiger partial charge in [-0.15, -0.1) is 0 Å². The first-order valence-electron chi connectivity index (χ1n) is 13.5. The largest absolute Gasteiger partial charge is 0.481 e. The number of nitrogens with zero attached hydrogens (tertiary/aromatic N) is 2. The summed E-state index contributed by atoms with van der Waals surface area (Å²) in [5, 5.41) is 13.7. The minimum Gasteiger partial charge on any atom is -0.481 e. The van der Waals surface area contributed by atoms with Gasteiger partial charge < -0.3 is 15.2 Å². The number of fused-ring (bicyclic) bond motifs is 1. The number of hydrazine groups is 1. The lowest BCUT2D eigenvalue weighted by atomic mass is 10.0.